The van der Waals surface area contributed by atoms with Gasteiger partial charge in [0.05, 0.1) is 18.2 Å². The highest BCUT2D eigenvalue weighted by molar-refractivity contribution is 5.96. The van der Waals surface area contributed by atoms with Crippen LogP contribution in [0.5, 0.6) is 0 Å². The van der Waals surface area contributed by atoms with E-state index in [2.05, 4.69) is 5.32 Å². The molecule has 0 saturated heterocycles. The van der Waals surface area contributed by atoms with E-state index in [1.165, 1.54) is 0 Å². The molecule has 0 bridgehead atoms. The van der Waals surface area contributed by atoms with Gasteiger partial charge >= 0.3 is 5.97 Å². The summed E-state index contributed by atoms with van der Waals surface area (Å²) in [7, 11) is 0. The Balaban J connectivity index is 2.71. The molecule has 1 aromatic rings. The first-order valence-corrected chi connectivity index (χ1v) is 4.63. The molecule has 4 N–H and O–H groups in total. The highest BCUT2D eigenvalue weighted by atomic mass is 19.1. The lowest BCUT2D eigenvalue weighted by atomic mass is 10.2. The molecule has 7 heteroatoms. The lowest BCUT2D eigenvalue weighted by molar-refractivity contribution is -0.138. The second-order valence-corrected chi connectivity index (χ2v) is 3.32. The Labute approximate surface area is 95.2 Å². The molecule has 1 unspecified atom stereocenters. The highest BCUT2D eigenvalue weighted by Crippen LogP contribution is 2.15. The van der Waals surface area contributed by atoms with Crippen molar-refractivity contribution in [2.24, 2.45) is 5.73 Å². The van der Waals surface area contributed by atoms with Crippen LogP contribution < -0.4 is 11.1 Å². The van der Waals surface area contributed by atoms with Crippen LogP contribution in [0.25, 0.3) is 0 Å². The van der Waals surface area contributed by atoms with E-state index in [1.807, 2.05) is 0 Å². The molecule has 0 saturated carbocycles. The number of halogens is 2. The molecule has 0 radical (unpaired) electrons. The molecule has 5 nitrogen and oxygen atoms in total. The Kier molecular flexibility index (Phi) is 4.11. The number of nitrogens with one attached hydrogen (secondary N) is 1. The van der Waals surface area contributed by atoms with Crippen LogP contribution in [0.2, 0.25) is 0 Å². The van der Waals surface area contributed by atoms with Gasteiger partial charge in [-0.2, -0.15) is 0 Å². The molecule has 1 aromatic carbocycles. The third-order valence-electron chi connectivity index (χ3n) is 1.92. The average Bonchev–Trinajstić information content (AvgIpc) is 2.21. The Morgan fingerprint density at radius 2 is 2.06 bits per heavy atom. The van der Waals surface area contributed by atoms with Crippen molar-refractivity contribution in [1.29, 1.82) is 0 Å². The van der Waals surface area contributed by atoms with Crippen LogP contribution in [0.3, 0.4) is 0 Å². The van der Waals surface area contributed by atoms with Crippen LogP contribution >= 0.6 is 0 Å². The lowest BCUT2D eigenvalue weighted by Crippen LogP contribution is -2.37. The van der Waals surface area contributed by atoms with Crippen LogP contribution in [-0.2, 0) is 9.59 Å². The Bertz CT molecular complexity index is 451. The monoisotopic (exact) mass is 244 g/mol. The summed E-state index contributed by atoms with van der Waals surface area (Å²) < 4.78 is 25.7. The molecule has 92 valence electrons. The molecular weight excluding hydrogens is 234 g/mol. The van der Waals surface area contributed by atoms with Crippen LogP contribution in [0.1, 0.15) is 6.42 Å². The van der Waals surface area contributed by atoms with Gasteiger partial charge in [0.2, 0.25) is 5.91 Å². The molecule has 0 fully saturated rings. The van der Waals surface area contributed by atoms with Crippen LogP contribution in [0.4, 0.5) is 14.5 Å². The number of benzene rings is 1. The zero-order chi connectivity index (χ0) is 13.0. The molecule has 0 spiro atoms. The summed E-state index contributed by atoms with van der Waals surface area (Å²) in [6, 6.07) is 1.28. The SMILES string of the molecule is NC(CC(=O)O)C(=O)Nc1ccc(F)cc1F. The number of carboxylic acid groups (broad SMARTS) is 1. The topological polar surface area (TPSA) is 92.4 Å². The van der Waals surface area contributed by atoms with Gasteiger partial charge in [0.25, 0.3) is 0 Å². The molecular formula is C10H10F2N2O3. The van der Waals surface area contributed by atoms with Crippen LogP contribution in [0, 0.1) is 11.6 Å². The van der Waals surface area contributed by atoms with Crippen molar-refractivity contribution in [3.8, 4) is 0 Å². The van der Waals surface area contributed by atoms with Crippen molar-refractivity contribution in [3.63, 3.8) is 0 Å². The minimum Gasteiger partial charge on any atom is -0.481 e. The first kappa shape index (κ1) is 13.0. The predicted molar refractivity (Wildman–Crippen MR) is 55.2 cm³/mol. The van der Waals surface area contributed by atoms with Gasteiger partial charge in [0.15, 0.2) is 0 Å². The number of carbonyl (C=O) groups excluding carboxylic acids is 1. The molecule has 17 heavy (non-hydrogen) atoms. The van der Waals surface area contributed by atoms with E-state index in [1.54, 1.807) is 0 Å². The maximum absolute atomic E-state index is 13.1. The van der Waals surface area contributed by atoms with E-state index in [0.29, 0.717) is 6.07 Å². The average molecular weight is 244 g/mol. The van der Waals surface area contributed by atoms with Gasteiger partial charge in [0.1, 0.15) is 11.6 Å². The summed E-state index contributed by atoms with van der Waals surface area (Å²) in [4.78, 5) is 21.6. The van der Waals surface area contributed by atoms with Gasteiger partial charge in [0, 0.05) is 6.07 Å². The van der Waals surface area contributed by atoms with Crippen molar-refractivity contribution >= 4 is 17.6 Å². The second kappa shape index (κ2) is 5.35. The molecule has 0 heterocycles. The molecule has 0 aliphatic rings. The fraction of sp³-hybridized carbons (Fsp3) is 0.200. The van der Waals surface area contributed by atoms with Gasteiger partial charge in [-0.15, -0.1) is 0 Å². The minimum absolute atomic E-state index is 0.253. The summed E-state index contributed by atoms with van der Waals surface area (Å²) in [6.07, 6.45) is -0.575. The Morgan fingerprint density at radius 1 is 1.41 bits per heavy atom. The van der Waals surface area contributed by atoms with E-state index in [4.69, 9.17) is 10.8 Å². The number of rotatable bonds is 4. The van der Waals surface area contributed by atoms with Crippen molar-refractivity contribution < 1.29 is 23.5 Å². The minimum atomic E-state index is -1.29. The van der Waals surface area contributed by atoms with E-state index >= 15 is 0 Å². The molecule has 0 aliphatic carbocycles. The van der Waals surface area contributed by atoms with E-state index in [0.717, 1.165) is 12.1 Å². The number of amides is 1. The quantitative estimate of drug-likeness (QED) is 0.727. The molecule has 0 aromatic heterocycles. The second-order valence-electron chi connectivity index (χ2n) is 3.32. The first-order chi connectivity index (χ1) is 7.90. The number of nitrogens with two attached hydrogens (primary N) is 1. The van der Waals surface area contributed by atoms with Gasteiger partial charge in [-0.05, 0) is 12.1 Å². The number of hydrogen-bond acceptors (Lipinski definition) is 3. The van der Waals surface area contributed by atoms with Crippen molar-refractivity contribution in [3.05, 3.63) is 29.8 Å². The Morgan fingerprint density at radius 3 is 2.59 bits per heavy atom. The number of hydrogen-bond donors (Lipinski definition) is 3. The van der Waals surface area contributed by atoms with Crippen molar-refractivity contribution in [2.45, 2.75) is 12.5 Å². The standard InChI is InChI=1S/C10H10F2N2O3/c11-5-1-2-8(6(12)3-5)14-10(17)7(13)4-9(15)16/h1-3,7H,4,13H2,(H,14,17)(H,15,16). The van der Waals surface area contributed by atoms with Crippen LogP contribution in [-0.4, -0.2) is 23.0 Å². The van der Waals surface area contributed by atoms with E-state index in [9.17, 15) is 18.4 Å². The summed E-state index contributed by atoms with van der Waals surface area (Å²) in [5.74, 6) is -3.83. The lowest BCUT2D eigenvalue weighted by Gasteiger charge is -2.10. The largest absolute Gasteiger partial charge is 0.481 e. The summed E-state index contributed by atoms with van der Waals surface area (Å²) in [6.45, 7) is 0. The molecule has 1 atom stereocenters. The third-order valence-corrected chi connectivity index (χ3v) is 1.92. The first-order valence-electron chi connectivity index (χ1n) is 4.63. The van der Waals surface area contributed by atoms with Gasteiger partial charge in [-0.25, -0.2) is 8.78 Å². The highest BCUT2D eigenvalue weighted by Gasteiger charge is 2.18. The number of aliphatic carboxylic acids is 1. The van der Waals surface area contributed by atoms with E-state index < -0.39 is 36.0 Å². The van der Waals surface area contributed by atoms with Crippen molar-refractivity contribution in [1.82, 2.24) is 0 Å². The zero-order valence-electron chi connectivity index (χ0n) is 8.61. The zero-order valence-corrected chi connectivity index (χ0v) is 8.61. The predicted octanol–water partition coefficient (Wildman–Crippen LogP) is 0.705. The maximum atomic E-state index is 13.1. The van der Waals surface area contributed by atoms with Crippen LogP contribution in [0.15, 0.2) is 18.2 Å². The fourth-order valence-electron chi connectivity index (χ4n) is 1.10. The fourth-order valence-corrected chi connectivity index (χ4v) is 1.10. The molecule has 1 amide bonds. The van der Waals surface area contributed by atoms with E-state index in [-0.39, 0.29) is 5.69 Å². The summed E-state index contributed by atoms with van der Waals surface area (Å²) in [5, 5.41) is 10.5. The van der Waals surface area contributed by atoms with Gasteiger partial charge in [-0.1, -0.05) is 0 Å². The molecule has 0 aliphatic heterocycles. The third kappa shape index (κ3) is 3.80. The summed E-state index contributed by atoms with van der Waals surface area (Å²) >= 11 is 0. The molecule has 1 rings (SSSR count). The smallest absolute Gasteiger partial charge is 0.305 e. The maximum Gasteiger partial charge on any atom is 0.305 e. The normalized spacial score (nSPS) is 11.9. The van der Waals surface area contributed by atoms with Crippen molar-refractivity contribution in [2.75, 3.05) is 5.32 Å². The van der Waals surface area contributed by atoms with Gasteiger partial charge < -0.3 is 16.2 Å². The number of carbonyl (C=O) groups is 2. The van der Waals surface area contributed by atoms with Gasteiger partial charge in [-0.3, -0.25) is 9.59 Å². The Hall–Kier alpha value is -2.02. The number of carboxylic acids is 1. The number of anilines is 1. The summed E-state index contributed by atoms with van der Waals surface area (Å²) in [5.41, 5.74) is 5.00.